The van der Waals surface area contributed by atoms with Gasteiger partial charge in [-0.15, -0.1) is 0 Å². The first-order valence-electron chi connectivity index (χ1n) is 7.20. The number of piperazine rings is 1. The molecule has 3 rings (SSSR count). The SMILES string of the molecule is N#Cc1cc(Cl)cc(-c2ncc(C(=O)N3CCNCC3)cn2)c1. The fraction of sp³-hybridized carbons (Fsp3) is 0.250. The van der Waals surface area contributed by atoms with Crippen LogP contribution in [0.25, 0.3) is 11.4 Å². The zero-order valence-electron chi connectivity index (χ0n) is 12.3. The van der Waals surface area contributed by atoms with Crippen LogP contribution in [-0.2, 0) is 0 Å². The van der Waals surface area contributed by atoms with Crippen LogP contribution in [0.4, 0.5) is 0 Å². The summed E-state index contributed by atoms with van der Waals surface area (Å²) in [5.41, 5.74) is 1.55. The number of nitrogens with one attached hydrogen (secondary N) is 1. The molecule has 1 aliphatic heterocycles. The van der Waals surface area contributed by atoms with Gasteiger partial charge in [0.15, 0.2) is 5.82 Å². The predicted octanol–water partition coefficient (Wildman–Crippen LogP) is 1.71. The van der Waals surface area contributed by atoms with Gasteiger partial charge in [-0.1, -0.05) is 11.6 Å². The molecule has 1 aromatic carbocycles. The second kappa shape index (κ2) is 6.73. The topological polar surface area (TPSA) is 81.9 Å². The van der Waals surface area contributed by atoms with Gasteiger partial charge in [-0.25, -0.2) is 9.97 Å². The van der Waals surface area contributed by atoms with Gasteiger partial charge >= 0.3 is 0 Å². The monoisotopic (exact) mass is 327 g/mol. The second-order valence-electron chi connectivity index (χ2n) is 5.18. The molecule has 23 heavy (non-hydrogen) atoms. The summed E-state index contributed by atoms with van der Waals surface area (Å²) >= 11 is 5.99. The molecule has 6 nitrogen and oxygen atoms in total. The Bertz CT molecular complexity index is 763. The summed E-state index contributed by atoms with van der Waals surface area (Å²) in [6.45, 7) is 2.95. The van der Waals surface area contributed by atoms with E-state index in [2.05, 4.69) is 15.3 Å². The highest BCUT2D eigenvalue weighted by Gasteiger charge is 2.18. The van der Waals surface area contributed by atoms with E-state index in [-0.39, 0.29) is 5.91 Å². The maximum Gasteiger partial charge on any atom is 0.257 e. The molecule has 1 amide bonds. The smallest absolute Gasteiger partial charge is 0.257 e. The maximum absolute atomic E-state index is 12.4. The molecule has 7 heteroatoms. The minimum atomic E-state index is -0.0677. The van der Waals surface area contributed by atoms with Crippen LogP contribution in [0.1, 0.15) is 15.9 Å². The minimum Gasteiger partial charge on any atom is -0.336 e. The number of benzene rings is 1. The molecule has 2 heterocycles. The first-order chi connectivity index (χ1) is 11.2. The first-order valence-corrected chi connectivity index (χ1v) is 7.58. The van der Waals surface area contributed by atoms with Crippen molar-refractivity contribution in [3.05, 3.63) is 46.7 Å². The van der Waals surface area contributed by atoms with Crippen molar-refractivity contribution in [2.45, 2.75) is 0 Å². The Hall–Kier alpha value is -2.49. The Morgan fingerprint density at radius 1 is 1.22 bits per heavy atom. The van der Waals surface area contributed by atoms with Crippen molar-refractivity contribution in [3.8, 4) is 17.5 Å². The molecule has 0 bridgehead atoms. The maximum atomic E-state index is 12.4. The fourth-order valence-corrected chi connectivity index (χ4v) is 2.66. The molecule has 0 spiro atoms. The number of carbonyl (C=O) groups is 1. The molecule has 1 N–H and O–H groups in total. The van der Waals surface area contributed by atoms with Crippen LogP contribution in [0.15, 0.2) is 30.6 Å². The summed E-state index contributed by atoms with van der Waals surface area (Å²) in [6, 6.07) is 6.98. The highest BCUT2D eigenvalue weighted by atomic mass is 35.5. The lowest BCUT2D eigenvalue weighted by Crippen LogP contribution is -2.46. The molecule has 116 valence electrons. The average molecular weight is 328 g/mol. The van der Waals surface area contributed by atoms with Crippen molar-refractivity contribution in [1.82, 2.24) is 20.2 Å². The van der Waals surface area contributed by atoms with Crippen LogP contribution in [-0.4, -0.2) is 47.0 Å². The van der Waals surface area contributed by atoms with Crippen LogP contribution in [0.5, 0.6) is 0 Å². The van der Waals surface area contributed by atoms with E-state index in [0.29, 0.717) is 40.6 Å². The zero-order valence-corrected chi connectivity index (χ0v) is 13.0. The van der Waals surface area contributed by atoms with E-state index < -0.39 is 0 Å². The highest BCUT2D eigenvalue weighted by Crippen LogP contribution is 2.22. The first kappa shape index (κ1) is 15.4. The number of aromatic nitrogens is 2. The summed E-state index contributed by atoms with van der Waals surface area (Å²) in [6.07, 6.45) is 3.03. The number of hydrogen-bond donors (Lipinski definition) is 1. The lowest BCUT2D eigenvalue weighted by atomic mass is 10.1. The van der Waals surface area contributed by atoms with E-state index >= 15 is 0 Å². The molecule has 0 saturated carbocycles. The molecule has 1 aliphatic rings. The summed E-state index contributed by atoms with van der Waals surface area (Å²) in [4.78, 5) is 22.6. The van der Waals surface area contributed by atoms with Crippen molar-refractivity contribution in [2.75, 3.05) is 26.2 Å². The van der Waals surface area contributed by atoms with E-state index in [4.69, 9.17) is 16.9 Å². The van der Waals surface area contributed by atoms with E-state index in [0.717, 1.165) is 13.1 Å². The number of hydrogen-bond acceptors (Lipinski definition) is 5. The number of nitriles is 1. The van der Waals surface area contributed by atoms with Crippen molar-refractivity contribution in [1.29, 1.82) is 5.26 Å². The van der Waals surface area contributed by atoms with E-state index in [1.54, 1.807) is 23.1 Å². The van der Waals surface area contributed by atoms with Gasteiger partial charge < -0.3 is 10.2 Å². The average Bonchev–Trinajstić information content (AvgIpc) is 2.61. The Morgan fingerprint density at radius 2 is 1.91 bits per heavy atom. The van der Waals surface area contributed by atoms with Gasteiger partial charge in [0, 0.05) is 49.2 Å². The number of halogens is 1. The third kappa shape index (κ3) is 3.47. The fourth-order valence-electron chi connectivity index (χ4n) is 2.42. The Kier molecular flexibility index (Phi) is 4.51. The normalized spacial score (nSPS) is 14.3. The van der Waals surface area contributed by atoms with Crippen LogP contribution in [0.2, 0.25) is 5.02 Å². The van der Waals surface area contributed by atoms with Gasteiger partial charge in [0.2, 0.25) is 0 Å². The number of rotatable bonds is 2. The number of carbonyl (C=O) groups excluding carboxylic acids is 1. The van der Waals surface area contributed by atoms with Gasteiger partial charge in [0.05, 0.1) is 17.2 Å². The number of nitrogens with zero attached hydrogens (tertiary/aromatic N) is 4. The minimum absolute atomic E-state index is 0.0677. The lowest BCUT2D eigenvalue weighted by Gasteiger charge is -2.27. The molecule has 1 fully saturated rings. The van der Waals surface area contributed by atoms with Crippen LogP contribution >= 0.6 is 11.6 Å². The van der Waals surface area contributed by atoms with Gasteiger partial charge in [0.1, 0.15) is 0 Å². The molecular formula is C16H14ClN5O. The molecule has 0 unspecified atom stereocenters. The van der Waals surface area contributed by atoms with Crippen molar-refractivity contribution >= 4 is 17.5 Å². The van der Waals surface area contributed by atoms with Crippen molar-refractivity contribution in [3.63, 3.8) is 0 Å². The predicted molar refractivity (Wildman–Crippen MR) is 86.0 cm³/mol. The standard InChI is InChI=1S/C16H14ClN5O/c17-14-6-11(8-18)5-12(7-14)15-20-9-13(10-21-15)16(23)22-3-1-19-2-4-22/h5-7,9-10,19H,1-4H2. The summed E-state index contributed by atoms with van der Waals surface area (Å²) in [5.74, 6) is 0.364. The molecule has 1 aromatic heterocycles. The lowest BCUT2D eigenvalue weighted by molar-refractivity contribution is 0.0735. The van der Waals surface area contributed by atoms with Crippen LogP contribution in [0.3, 0.4) is 0 Å². The third-order valence-corrected chi connectivity index (χ3v) is 3.81. The van der Waals surface area contributed by atoms with E-state index in [9.17, 15) is 4.79 Å². The largest absolute Gasteiger partial charge is 0.336 e. The molecule has 0 atom stereocenters. The number of amides is 1. The van der Waals surface area contributed by atoms with Crippen molar-refractivity contribution < 1.29 is 4.79 Å². The van der Waals surface area contributed by atoms with Gasteiger partial charge in [-0.05, 0) is 18.2 Å². The third-order valence-electron chi connectivity index (χ3n) is 3.59. The summed E-state index contributed by atoms with van der Waals surface area (Å²) in [7, 11) is 0. The van der Waals surface area contributed by atoms with Gasteiger partial charge in [-0.3, -0.25) is 4.79 Å². The molecular weight excluding hydrogens is 314 g/mol. The summed E-state index contributed by atoms with van der Waals surface area (Å²) < 4.78 is 0. The molecule has 2 aromatic rings. The Morgan fingerprint density at radius 3 is 2.57 bits per heavy atom. The quantitative estimate of drug-likeness (QED) is 0.908. The molecule has 1 saturated heterocycles. The Balaban J connectivity index is 1.83. The summed E-state index contributed by atoms with van der Waals surface area (Å²) in [5, 5.41) is 12.6. The van der Waals surface area contributed by atoms with Gasteiger partial charge in [-0.2, -0.15) is 5.26 Å². The zero-order chi connectivity index (χ0) is 16.2. The van der Waals surface area contributed by atoms with Gasteiger partial charge in [0.25, 0.3) is 5.91 Å². The highest BCUT2D eigenvalue weighted by molar-refractivity contribution is 6.31. The van der Waals surface area contributed by atoms with E-state index in [1.165, 1.54) is 12.4 Å². The molecule has 0 aliphatic carbocycles. The van der Waals surface area contributed by atoms with Crippen LogP contribution < -0.4 is 5.32 Å². The second-order valence-corrected chi connectivity index (χ2v) is 5.61. The Labute approximate surface area is 138 Å². The molecule has 0 radical (unpaired) electrons. The van der Waals surface area contributed by atoms with Crippen molar-refractivity contribution in [2.24, 2.45) is 0 Å². The van der Waals surface area contributed by atoms with E-state index in [1.807, 2.05) is 6.07 Å². The van der Waals surface area contributed by atoms with Crippen LogP contribution in [0, 0.1) is 11.3 Å².